The van der Waals surface area contributed by atoms with E-state index in [1.807, 2.05) is 10.9 Å². The molecular formula is C31H41F3N6O2. The fourth-order valence-corrected chi connectivity index (χ4v) is 6.41. The zero-order valence-corrected chi connectivity index (χ0v) is 24.5. The third-order valence-electron chi connectivity index (χ3n) is 8.63. The van der Waals surface area contributed by atoms with Gasteiger partial charge in [0.15, 0.2) is 0 Å². The van der Waals surface area contributed by atoms with E-state index in [-0.39, 0.29) is 11.7 Å². The average Bonchev–Trinajstić information content (AvgIpc) is 3.36. The number of carbonyl (C=O) groups excluding carboxylic acids is 1. The van der Waals surface area contributed by atoms with Crippen LogP contribution in [-0.4, -0.2) is 63.9 Å². The Kier molecular flexibility index (Phi) is 8.91. The van der Waals surface area contributed by atoms with E-state index in [1.165, 1.54) is 25.5 Å². The molecule has 1 amide bonds. The van der Waals surface area contributed by atoms with Crippen LogP contribution < -0.4 is 10.6 Å². The molecular weight excluding hydrogens is 545 g/mol. The molecule has 11 heteroatoms. The predicted octanol–water partition coefficient (Wildman–Crippen LogP) is 5.59. The van der Waals surface area contributed by atoms with Crippen LogP contribution in [0.25, 0.3) is 10.9 Å². The molecule has 0 spiro atoms. The molecule has 0 bridgehead atoms. The van der Waals surface area contributed by atoms with Crippen molar-refractivity contribution in [3.05, 3.63) is 53.5 Å². The lowest BCUT2D eigenvalue weighted by molar-refractivity contribution is -0.141. The molecule has 42 heavy (non-hydrogen) atoms. The van der Waals surface area contributed by atoms with Crippen molar-refractivity contribution in [2.24, 2.45) is 11.8 Å². The molecule has 1 aliphatic heterocycles. The second kappa shape index (κ2) is 12.3. The molecule has 1 aliphatic carbocycles. The maximum atomic E-state index is 13.1. The molecule has 3 heterocycles. The first kappa shape index (κ1) is 30.4. The summed E-state index contributed by atoms with van der Waals surface area (Å²) in [5.41, 5.74) is -1.43. The topological polar surface area (TPSA) is 95.3 Å². The van der Waals surface area contributed by atoms with E-state index >= 15 is 0 Å². The molecule has 3 N–H and O–H groups in total. The summed E-state index contributed by atoms with van der Waals surface area (Å²) in [6, 6.07) is 6.92. The number of hydrogen-bond donors (Lipinski definition) is 3. The van der Waals surface area contributed by atoms with Crippen LogP contribution in [-0.2, 0) is 11.8 Å². The fraction of sp³-hybridized carbons (Fsp3) is 0.581. The van der Waals surface area contributed by atoms with Gasteiger partial charge in [0.05, 0.1) is 17.2 Å². The lowest BCUT2D eigenvalue weighted by atomic mass is 9.85. The molecule has 0 atom stereocenters. The first-order chi connectivity index (χ1) is 19.9. The Morgan fingerprint density at radius 3 is 2.38 bits per heavy atom. The van der Waals surface area contributed by atoms with Gasteiger partial charge in [-0.2, -0.15) is 18.3 Å². The molecule has 0 unspecified atom stereocenters. The number of alkyl halides is 3. The lowest BCUT2D eigenvalue weighted by Crippen LogP contribution is -2.37. The lowest BCUT2D eigenvalue weighted by Gasteiger charge is -2.33. The number of aliphatic hydroxyl groups is 1. The van der Waals surface area contributed by atoms with E-state index in [0.717, 1.165) is 68.8 Å². The monoisotopic (exact) mass is 586 g/mol. The highest BCUT2D eigenvalue weighted by Crippen LogP contribution is 2.36. The van der Waals surface area contributed by atoms with E-state index in [0.29, 0.717) is 22.7 Å². The quantitative estimate of drug-likeness (QED) is 0.319. The highest BCUT2D eigenvalue weighted by atomic mass is 19.4. The van der Waals surface area contributed by atoms with E-state index in [4.69, 9.17) is 5.10 Å². The number of fused-ring (bicyclic) bond motifs is 1. The Morgan fingerprint density at radius 1 is 1.07 bits per heavy atom. The van der Waals surface area contributed by atoms with Crippen molar-refractivity contribution in [3.8, 4) is 0 Å². The number of anilines is 1. The van der Waals surface area contributed by atoms with E-state index < -0.39 is 23.4 Å². The van der Waals surface area contributed by atoms with Crippen LogP contribution in [0.3, 0.4) is 0 Å². The molecule has 5 rings (SSSR count). The van der Waals surface area contributed by atoms with Gasteiger partial charge in [-0.15, -0.1) is 0 Å². The molecule has 2 aromatic heterocycles. The number of halogens is 3. The Bertz CT molecular complexity index is 1390. The predicted molar refractivity (Wildman–Crippen MR) is 156 cm³/mol. The maximum Gasteiger partial charge on any atom is 0.433 e. The summed E-state index contributed by atoms with van der Waals surface area (Å²) >= 11 is 0. The van der Waals surface area contributed by atoms with Gasteiger partial charge in [-0.25, -0.2) is 4.98 Å². The summed E-state index contributed by atoms with van der Waals surface area (Å²) < 4.78 is 41.4. The van der Waals surface area contributed by atoms with Crippen molar-refractivity contribution in [1.82, 2.24) is 25.0 Å². The van der Waals surface area contributed by atoms with Crippen molar-refractivity contribution in [3.63, 3.8) is 0 Å². The highest BCUT2D eigenvalue weighted by molar-refractivity contribution is 6.04. The van der Waals surface area contributed by atoms with E-state index in [9.17, 15) is 23.1 Å². The molecule has 1 saturated carbocycles. The van der Waals surface area contributed by atoms with Crippen molar-refractivity contribution in [2.45, 2.75) is 70.2 Å². The number of nitrogens with zero attached hydrogens (tertiary/aromatic N) is 4. The van der Waals surface area contributed by atoms with Crippen LogP contribution >= 0.6 is 0 Å². The van der Waals surface area contributed by atoms with Crippen LogP contribution in [0, 0.1) is 11.8 Å². The summed E-state index contributed by atoms with van der Waals surface area (Å²) in [5, 5.41) is 22.6. The van der Waals surface area contributed by atoms with E-state index in [2.05, 4.69) is 27.6 Å². The van der Waals surface area contributed by atoms with Crippen LogP contribution in [0.4, 0.5) is 18.9 Å². The molecule has 8 nitrogen and oxygen atoms in total. The second-order valence-electron chi connectivity index (χ2n) is 12.6. The number of amides is 1. The third kappa shape index (κ3) is 7.30. The van der Waals surface area contributed by atoms with Crippen LogP contribution in [0.15, 0.2) is 36.5 Å². The Balaban J connectivity index is 1.27. The van der Waals surface area contributed by atoms with Gasteiger partial charge in [0, 0.05) is 35.9 Å². The largest absolute Gasteiger partial charge is 0.433 e. The number of nitrogens with one attached hydrogen (secondary N) is 2. The van der Waals surface area contributed by atoms with Crippen molar-refractivity contribution < 1.29 is 23.1 Å². The number of piperidine rings is 1. The van der Waals surface area contributed by atoms with Gasteiger partial charge in [-0.05, 0) is 109 Å². The van der Waals surface area contributed by atoms with Crippen LogP contribution in [0.5, 0.6) is 0 Å². The molecule has 1 saturated heterocycles. The molecule has 3 aromatic rings. The maximum absolute atomic E-state index is 13.1. The van der Waals surface area contributed by atoms with Gasteiger partial charge in [0.2, 0.25) is 0 Å². The minimum absolute atomic E-state index is 0.265. The van der Waals surface area contributed by atoms with Gasteiger partial charge >= 0.3 is 6.18 Å². The Hall–Kier alpha value is -3.02. The molecule has 228 valence electrons. The fourth-order valence-electron chi connectivity index (χ4n) is 6.41. The summed E-state index contributed by atoms with van der Waals surface area (Å²) in [6.07, 6.45) is 4.14. The standard InChI is InChI=1S/C31H41F3N6O2/c1-30(2,42)24-16-26-22(15-27(24)37-29(41)25-5-4-6-28(36-25)31(32,33)34)19-40(38-26)23-9-7-20(8-10-23)17-39(3)18-21-11-13-35-14-12-21/h4-6,15-16,19-21,23,35,42H,7-14,17-18H2,1-3H3,(H,37,41)/t20-,23-. The van der Waals surface area contributed by atoms with Crippen molar-refractivity contribution in [1.29, 1.82) is 0 Å². The number of carbonyl (C=O) groups is 1. The first-order valence-corrected chi connectivity index (χ1v) is 14.9. The number of aromatic nitrogens is 3. The second-order valence-corrected chi connectivity index (χ2v) is 12.6. The normalized spacial score (nSPS) is 20.8. The van der Waals surface area contributed by atoms with Gasteiger partial charge in [-0.1, -0.05) is 6.07 Å². The highest BCUT2D eigenvalue weighted by Gasteiger charge is 2.33. The smallest absolute Gasteiger partial charge is 0.386 e. The number of benzene rings is 1. The summed E-state index contributed by atoms with van der Waals surface area (Å²) in [4.78, 5) is 18.9. The SMILES string of the molecule is CN(CC1CCNCC1)C[C@H]1CC[C@H](n2cc3cc(NC(=O)c4cccc(C(F)(F)F)n4)c(C(C)(C)O)cc3n2)CC1. The zero-order valence-electron chi connectivity index (χ0n) is 24.5. The van der Waals surface area contributed by atoms with Crippen molar-refractivity contribution in [2.75, 3.05) is 38.5 Å². The number of hydrogen-bond acceptors (Lipinski definition) is 6. The first-order valence-electron chi connectivity index (χ1n) is 14.9. The molecule has 2 fully saturated rings. The van der Waals surface area contributed by atoms with Crippen molar-refractivity contribution >= 4 is 22.5 Å². The third-order valence-corrected chi connectivity index (χ3v) is 8.63. The van der Waals surface area contributed by atoms with Gasteiger partial charge < -0.3 is 20.6 Å². The summed E-state index contributed by atoms with van der Waals surface area (Å²) in [5.74, 6) is 0.668. The number of rotatable bonds is 8. The number of pyridine rings is 1. The van der Waals surface area contributed by atoms with Crippen LogP contribution in [0.1, 0.15) is 80.2 Å². The minimum Gasteiger partial charge on any atom is -0.386 e. The van der Waals surface area contributed by atoms with Crippen LogP contribution in [0.2, 0.25) is 0 Å². The summed E-state index contributed by atoms with van der Waals surface area (Å²) in [6.45, 7) is 7.72. The van der Waals surface area contributed by atoms with E-state index in [1.54, 1.807) is 26.0 Å². The Morgan fingerprint density at radius 2 is 1.74 bits per heavy atom. The average molecular weight is 587 g/mol. The minimum atomic E-state index is -4.66. The van der Waals surface area contributed by atoms with Gasteiger partial charge in [0.1, 0.15) is 11.4 Å². The molecule has 1 aromatic carbocycles. The van der Waals surface area contributed by atoms with Gasteiger partial charge in [-0.3, -0.25) is 9.48 Å². The Labute approximate surface area is 244 Å². The molecule has 0 radical (unpaired) electrons. The molecule has 2 aliphatic rings. The zero-order chi connectivity index (χ0) is 30.1. The summed E-state index contributed by atoms with van der Waals surface area (Å²) in [7, 11) is 2.24. The van der Waals surface area contributed by atoms with Gasteiger partial charge in [0.25, 0.3) is 5.91 Å².